The normalized spacial score (nSPS) is 13.7. The van der Waals surface area contributed by atoms with Crippen molar-refractivity contribution in [3.05, 3.63) is 60.1 Å². The van der Waals surface area contributed by atoms with E-state index in [9.17, 15) is 4.79 Å². The third-order valence-corrected chi connectivity index (χ3v) is 3.39. The first-order valence-corrected chi connectivity index (χ1v) is 6.79. The highest BCUT2D eigenvalue weighted by molar-refractivity contribution is 5.79. The van der Waals surface area contributed by atoms with Crippen LogP contribution in [-0.2, 0) is 11.2 Å². The van der Waals surface area contributed by atoms with Crippen molar-refractivity contribution in [2.75, 3.05) is 6.54 Å². The number of furan rings is 1. The lowest BCUT2D eigenvalue weighted by Gasteiger charge is -2.19. The molecule has 0 spiro atoms. The van der Waals surface area contributed by atoms with Crippen LogP contribution < -0.4 is 11.1 Å². The molecule has 3 N–H and O–H groups in total. The molecule has 2 aromatic rings. The van der Waals surface area contributed by atoms with Gasteiger partial charge >= 0.3 is 0 Å². The fourth-order valence-electron chi connectivity index (χ4n) is 2.05. The van der Waals surface area contributed by atoms with Crippen LogP contribution >= 0.6 is 0 Å². The molecule has 0 aliphatic carbocycles. The summed E-state index contributed by atoms with van der Waals surface area (Å²) in [5.74, 6) is 0.562. The molecular formula is C16H20N2O2. The summed E-state index contributed by atoms with van der Waals surface area (Å²) in [6.45, 7) is 2.40. The molecule has 1 aromatic heterocycles. The molecule has 0 saturated carbocycles. The van der Waals surface area contributed by atoms with Gasteiger partial charge in [0.2, 0.25) is 5.91 Å². The van der Waals surface area contributed by atoms with Crippen molar-refractivity contribution in [3.63, 3.8) is 0 Å². The van der Waals surface area contributed by atoms with Gasteiger partial charge in [0.25, 0.3) is 0 Å². The molecule has 1 amide bonds. The minimum Gasteiger partial charge on any atom is -0.469 e. The van der Waals surface area contributed by atoms with Gasteiger partial charge < -0.3 is 15.5 Å². The van der Waals surface area contributed by atoms with E-state index in [1.807, 2.05) is 49.4 Å². The van der Waals surface area contributed by atoms with E-state index in [4.69, 9.17) is 10.2 Å². The number of benzene rings is 1. The Morgan fingerprint density at radius 2 is 2.00 bits per heavy atom. The highest BCUT2D eigenvalue weighted by Crippen LogP contribution is 2.18. The van der Waals surface area contributed by atoms with Crippen molar-refractivity contribution >= 4 is 5.91 Å². The molecule has 0 fully saturated rings. The summed E-state index contributed by atoms with van der Waals surface area (Å²) in [4.78, 5) is 12.1. The minimum absolute atomic E-state index is 0.0343. The Morgan fingerprint density at radius 1 is 1.25 bits per heavy atom. The van der Waals surface area contributed by atoms with Gasteiger partial charge in [-0.3, -0.25) is 4.79 Å². The van der Waals surface area contributed by atoms with Crippen molar-refractivity contribution in [3.8, 4) is 0 Å². The summed E-state index contributed by atoms with van der Waals surface area (Å²) in [5, 5.41) is 2.89. The molecule has 1 aromatic carbocycles. The standard InChI is InChI=1S/C16H20N2O2/c1-12(15(17)13-6-3-2-4-7-13)16(19)18-10-9-14-8-5-11-20-14/h2-8,11-12,15H,9-10,17H2,1H3,(H,18,19). The zero-order chi connectivity index (χ0) is 14.4. The van der Waals surface area contributed by atoms with Crippen molar-refractivity contribution in [1.29, 1.82) is 0 Å². The predicted molar refractivity (Wildman–Crippen MR) is 78.0 cm³/mol. The molecule has 2 unspecified atom stereocenters. The summed E-state index contributed by atoms with van der Waals surface area (Å²) < 4.78 is 5.22. The van der Waals surface area contributed by atoms with E-state index in [1.165, 1.54) is 0 Å². The van der Waals surface area contributed by atoms with Crippen molar-refractivity contribution in [2.45, 2.75) is 19.4 Å². The Bertz CT molecular complexity index is 523. The number of carbonyl (C=O) groups excluding carboxylic acids is 1. The number of hydrogen-bond acceptors (Lipinski definition) is 3. The van der Waals surface area contributed by atoms with Gasteiger partial charge in [0.05, 0.1) is 12.2 Å². The molecule has 0 saturated heterocycles. The smallest absolute Gasteiger partial charge is 0.224 e. The van der Waals surface area contributed by atoms with E-state index in [0.717, 1.165) is 11.3 Å². The summed E-state index contributed by atoms with van der Waals surface area (Å²) in [6.07, 6.45) is 2.32. The first-order chi connectivity index (χ1) is 9.68. The van der Waals surface area contributed by atoms with E-state index >= 15 is 0 Å². The molecular weight excluding hydrogens is 252 g/mol. The van der Waals surface area contributed by atoms with Gasteiger partial charge in [0.15, 0.2) is 0 Å². The van der Waals surface area contributed by atoms with E-state index in [-0.39, 0.29) is 17.9 Å². The first-order valence-electron chi connectivity index (χ1n) is 6.79. The van der Waals surface area contributed by atoms with Crippen LogP contribution in [0.1, 0.15) is 24.3 Å². The molecule has 0 aliphatic heterocycles. The van der Waals surface area contributed by atoms with E-state index < -0.39 is 0 Å². The molecule has 1 heterocycles. The van der Waals surface area contributed by atoms with Crippen LogP contribution in [0.3, 0.4) is 0 Å². The van der Waals surface area contributed by atoms with Crippen LogP contribution in [0.4, 0.5) is 0 Å². The Kier molecular flexibility index (Phi) is 4.96. The zero-order valence-corrected chi connectivity index (χ0v) is 11.6. The van der Waals surface area contributed by atoms with Crippen molar-refractivity contribution in [1.82, 2.24) is 5.32 Å². The summed E-state index contributed by atoms with van der Waals surface area (Å²) in [5.41, 5.74) is 7.10. The lowest BCUT2D eigenvalue weighted by Crippen LogP contribution is -2.36. The van der Waals surface area contributed by atoms with Gasteiger partial charge in [0.1, 0.15) is 5.76 Å². The third-order valence-electron chi connectivity index (χ3n) is 3.39. The third kappa shape index (κ3) is 3.71. The number of rotatable bonds is 6. The van der Waals surface area contributed by atoms with E-state index in [2.05, 4.69) is 5.32 Å². The highest BCUT2D eigenvalue weighted by Gasteiger charge is 2.21. The maximum atomic E-state index is 12.1. The zero-order valence-electron chi connectivity index (χ0n) is 11.6. The molecule has 106 valence electrons. The molecule has 2 rings (SSSR count). The van der Waals surface area contributed by atoms with Gasteiger partial charge in [-0.25, -0.2) is 0 Å². The maximum absolute atomic E-state index is 12.1. The second kappa shape index (κ2) is 6.91. The first kappa shape index (κ1) is 14.3. The molecule has 20 heavy (non-hydrogen) atoms. The molecule has 4 nitrogen and oxygen atoms in total. The Labute approximate surface area is 119 Å². The fourth-order valence-corrected chi connectivity index (χ4v) is 2.05. The van der Waals surface area contributed by atoms with Gasteiger partial charge in [0, 0.05) is 19.0 Å². The van der Waals surface area contributed by atoms with Crippen LogP contribution in [-0.4, -0.2) is 12.5 Å². The van der Waals surface area contributed by atoms with Crippen molar-refractivity contribution < 1.29 is 9.21 Å². The summed E-state index contributed by atoms with van der Waals surface area (Å²) >= 11 is 0. The van der Waals surface area contributed by atoms with E-state index in [0.29, 0.717) is 13.0 Å². The topological polar surface area (TPSA) is 68.3 Å². The summed E-state index contributed by atoms with van der Waals surface area (Å²) in [7, 11) is 0. The second-order valence-electron chi connectivity index (χ2n) is 4.85. The van der Waals surface area contributed by atoms with Gasteiger partial charge in [-0.2, -0.15) is 0 Å². The van der Waals surface area contributed by atoms with Gasteiger partial charge in [-0.15, -0.1) is 0 Å². The summed E-state index contributed by atoms with van der Waals surface area (Å²) in [6, 6.07) is 13.1. The van der Waals surface area contributed by atoms with Crippen LogP contribution in [0, 0.1) is 5.92 Å². The Hall–Kier alpha value is -2.07. The number of nitrogens with one attached hydrogen (secondary N) is 1. The van der Waals surface area contributed by atoms with E-state index in [1.54, 1.807) is 6.26 Å². The number of carbonyl (C=O) groups is 1. The van der Waals surface area contributed by atoms with Crippen LogP contribution in [0.5, 0.6) is 0 Å². The molecule has 4 heteroatoms. The Balaban J connectivity index is 1.82. The fraction of sp³-hybridized carbons (Fsp3) is 0.312. The monoisotopic (exact) mass is 272 g/mol. The second-order valence-corrected chi connectivity index (χ2v) is 4.85. The van der Waals surface area contributed by atoms with Crippen molar-refractivity contribution in [2.24, 2.45) is 11.7 Å². The average molecular weight is 272 g/mol. The molecule has 2 atom stereocenters. The van der Waals surface area contributed by atoms with Crippen LogP contribution in [0.15, 0.2) is 53.1 Å². The molecule has 0 bridgehead atoms. The lowest BCUT2D eigenvalue weighted by molar-refractivity contribution is -0.125. The maximum Gasteiger partial charge on any atom is 0.224 e. The lowest BCUT2D eigenvalue weighted by atomic mass is 9.95. The number of hydrogen-bond donors (Lipinski definition) is 2. The number of nitrogens with two attached hydrogens (primary N) is 1. The predicted octanol–water partition coefficient (Wildman–Crippen LogP) is 2.27. The SMILES string of the molecule is CC(C(=O)NCCc1ccco1)C(N)c1ccccc1. The molecule has 0 radical (unpaired) electrons. The average Bonchev–Trinajstić information content (AvgIpc) is 2.99. The quantitative estimate of drug-likeness (QED) is 0.847. The molecule has 0 aliphatic rings. The Morgan fingerprint density at radius 3 is 2.65 bits per heavy atom. The minimum atomic E-state index is -0.292. The van der Waals surface area contributed by atoms with Crippen LogP contribution in [0.25, 0.3) is 0 Å². The van der Waals surface area contributed by atoms with Gasteiger partial charge in [-0.1, -0.05) is 37.3 Å². The highest BCUT2D eigenvalue weighted by atomic mass is 16.3. The van der Waals surface area contributed by atoms with Gasteiger partial charge in [-0.05, 0) is 17.7 Å². The largest absolute Gasteiger partial charge is 0.469 e. The number of amides is 1. The van der Waals surface area contributed by atoms with Crippen LogP contribution in [0.2, 0.25) is 0 Å².